The number of nitrogens with zero attached hydrogens (tertiary/aromatic N) is 2. The van der Waals surface area contributed by atoms with Crippen LogP contribution in [-0.4, -0.2) is 9.97 Å². The first-order valence-corrected chi connectivity index (χ1v) is 8.81. The van der Waals surface area contributed by atoms with Crippen LogP contribution in [0.5, 0.6) is 0 Å². The van der Waals surface area contributed by atoms with Crippen LogP contribution < -0.4 is 5.32 Å². The maximum atomic E-state index is 13.2. The molecule has 0 saturated heterocycles. The van der Waals surface area contributed by atoms with E-state index in [1.54, 1.807) is 41.1 Å². The van der Waals surface area contributed by atoms with E-state index in [2.05, 4.69) is 21.4 Å². The predicted molar refractivity (Wildman–Crippen MR) is 93.6 cm³/mol. The molecule has 1 N–H and O–H groups in total. The molecule has 0 radical (unpaired) electrons. The van der Waals surface area contributed by atoms with Crippen LogP contribution in [0.4, 0.5) is 10.2 Å². The summed E-state index contributed by atoms with van der Waals surface area (Å²) in [5.74, 6) is 0.564. The molecule has 4 aromatic rings. The summed E-state index contributed by atoms with van der Waals surface area (Å²) in [5.41, 5.74) is 1.92. The second kappa shape index (κ2) is 6.06. The molecule has 0 fully saturated rings. The zero-order valence-electron chi connectivity index (χ0n) is 11.9. The second-order valence-electron chi connectivity index (χ2n) is 5.00. The van der Waals surface area contributed by atoms with Gasteiger partial charge in [0.25, 0.3) is 0 Å². The Morgan fingerprint density at radius 2 is 1.83 bits per heavy atom. The molecule has 1 aromatic carbocycles. The van der Waals surface area contributed by atoms with Gasteiger partial charge in [-0.1, -0.05) is 18.2 Å². The number of thiophene rings is 2. The third kappa shape index (κ3) is 2.83. The van der Waals surface area contributed by atoms with Gasteiger partial charge in [0.1, 0.15) is 18.0 Å². The van der Waals surface area contributed by atoms with Crippen molar-refractivity contribution in [1.29, 1.82) is 0 Å². The van der Waals surface area contributed by atoms with Crippen molar-refractivity contribution in [3.05, 3.63) is 75.8 Å². The fourth-order valence-electron chi connectivity index (χ4n) is 2.46. The Labute approximate surface area is 140 Å². The van der Waals surface area contributed by atoms with E-state index in [9.17, 15) is 4.39 Å². The summed E-state index contributed by atoms with van der Waals surface area (Å²) < 4.78 is 14.3. The first-order chi connectivity index (χ1) is 11.3. The topological polar surface area (TPSA) is 37.8 Å². The Balaban J connectivity index is 1.77. The second-order valence-corrected chi connectivity index (χ2v) is 6.90. The maximum Gasteiger partial charge on any atom is 0.148 e. The Bertz CT molecular complexity index is 917. The van der Waals surface area contributed by atoms with Gasteiger partial charge in [-0.3, -0.25) is 0 Å². The first-order valence-electron chi connectivity index (χ1n) is 7.05. The van der Waals surface area contributed by atoms with Gasteiger partial charge in [0.2, 0.25) is 0 Å². The number of hydrogen-bond acceptors (Lipinski definition) is 5. The highest BCUT2D eigenvalue weighted by Gasteiger charge is 2.17. The molecule has 0 aliphatic heterocycles. The molecular formula is C17H12FN3S2. The molecule has 0 aliphatic carbocycles. The molecule has 0 amide bonds. The van der Waals surface area contributed by atoms with Crippen molar-refractivity contribution in [3.8, 4) is 0 Å². The van der Waals surface area contributed by atoms with Gasteiger partial charge >= 0.3 is 0 Å². The van der Waals surface area contributed by atoms with Crippen molar-refractivity contribution in [1.82, 2.24) is 9.97 Å². The summed E-state index contributed by atoms with van der Waals surface area (Å²) >= 11 is 3.27. The van der Waals surface area contributed by atoms with Gasteiger partial charge in [-0.15, -0.1) is 22.7 Å². The van der Waals surface area contributed by atoms with Crippen molar-refractivity contribution >= 4 is 38.7 Å². The molecule has 0 unspecified atom stereocenters. The van der Waals surface area contributed by atoms with Crippen molar-refractivity contribution in [2.75, 3.05) is 5.32 Å². The van der Waals surface area contributed by atoms with Crippen LogP contribution in [0.2, 0.25) is 0 Å². The van der Waals surface area contributed by atoms with E-state index in [0.717, 1.165) is 26.5 Å². The third-order valence-corrected chi connectivity index (χ3v) is 5.40. The van der Waals surface area contributed by atoms with E-state index in [0.29, 0.717) is 0 Å². The number of rotatable bonds is 4. The zero-order chi connectivity index (χ0) is 15.6. The predicted octanol–water partition coefficient (Wildman–Crippen LogP) is 5.09. The van der Waals surface area contributed by atoms with Crippen LogP contribution in [0, 0.1) is 5.82 Å². The quantitative estimate of drug-likeness (QED) is 0.561. The third-order valence-electron chi connectivity index (χ3n) is 3.56. The van der Waals surface area contributed by atoms with Gasteiger partial charge in [-0.05, 0) is 40.6 Å². The van der Waals surface area contributed by atoms with Crippen LogP contribution in [0.3, 0.4) is 0 Å². The summed E-state index contributed by atoms with van der Waals surface area (Å²) in [7, 11) is 0. The van der Waals surface area contributed by atoms with Crippen LogP contribution in [-0.2, 0) is 0 Å². The summed E-state index contributed by atoms with van der Waals surface area (Å²) in [6.45, 7) is 0. The summed E-state index contributed by atoms with van der Waals surface area (Å²) in [5, 5.41) is 7.53. The van der Waals surface area contributed by atoms with E-state index in [1.165, 1.54) is 12.1 Å². The molecule has 0 aliphatic rings. The molecule has 3 nitrogen and oxygen atoms in total. The van der Waals surface area contributed by atoms with Crippen LogP contribution in [0.15, 0.2) is 59.6 Å². The number of hydrogen-bond donors (Lipinski definition) is 1. The van der Waals surface area contributed by atoms with E-state index >= 15 is 0 Å². The minimum absolute atomic E-state index is 0.0733. The Hall–Kier alpha value is -2.31. The number of aromatic nitrogens is 2. The molecular weight excluding hydrogens is 329 g/mol. The highest BCUT2D eigenvalue weighted by molar-refractivity contribution is 7.17. The number of fused-ring (bicyclic) bond motifs is 1. The average molecular weight is 341 g/mol. The van der Waals surface area contributed by atoms with Gasteiger partial charge < -0.3 is 5.32 Å². The Morgan fingerprint density at radius 1 is 0.957 bits per heavy atom. The molecule has 4 rings (SSSR count). The molecule has 1 atom stereocenters. The van der Waals surface area contributed by atoms with Crippen molar-refractivity contribution < 1.29 is 4.39 Å². The largest absolute Gasteiger partial charge is 0.357 e. The minimum atomic E-state index is -0.235. The van der Waals surface area contributed by atoms with E-state index in [1.807, 2.05) is 22.9 Å². The Kier molecular flexibility index (Phi) is 3.77. The summed E-state index contributed by atoms with van der Waals surface area (Å²) in [6.07, 6.45) is 1.56. The van der Waals surface area contributed by atoms with Gasteiger partial charge in [-0.2, -0.15) is 0 Å². The summed E-state index contributed by atoms with van der Waals surface area (Å²) in [6, 6.07) is 12.6. The molecule has 6 heteroatoms. The fraction of sp³-hybridized carbons (Fsp3) is 0.0588. The number of nitrogens with one attached hydrogen (secondary N) is 1. The number of anilines is 1. The minimum Gasteiger partial charge on any atom is -0.357 e. The van der Waals surface area contributed by atoms with Crippen LogP contribution >= 0.6 is 22.7 Å². The number of halogens is 1. The maximum absolute atomic E-state index is 13.2. The average Bonchev–Trinajstić information content (AvgIpc) is 3.25. The smallest absolute Gasteiger partial charge is 0.148 e. The lowest BCUT2D eigenvalue weighted by Gasteiger charge is -2.19. The molecule has 114 valence electrons. The van der Waals surface area contributed by atoms with Crippen LogP contribution in [0.25, 0.3) is 10.2 Å². The lowest BCUT2D eigenvalue weighted by Crippen LogP contribution is -2.12. The van der Waals surface area contributed by atoms with E-state index in [4.69, 9.17) is 0 Å². The van der Waals surface area contributed by atoms with E-state index < -0.39 is 0 Å². The fourth-order valence-corrected chi connectivity index (χ4v) is 4.06. The number of benzene rings is 1. The lowest BCUT2D eigenvalue weighted by atomic mass is 10.1. The molecule has 0 bridgehead atoms. The SMILES string of the molecule is Fc1ccc([C@H](Nc2ncnc3ccsc23)c2cccs2)cc1. The van der Waals surface area contributed by atoms with Crippen molar-refractivity contribution in [2.24, 2.45) is 0 Å². The van der Waals surface area contributed by atoms with Gasteiger partial charge in [0.15, 0.2) is 0 Å². The Morgan fingerprint density at radius 3 is 2.61 bits per heavy atom. The standard InChI is InChI=1S/C17H12FN3S2/c18-12-5-3-11(4-6-12)15(14-2-1-8-22-14)21-17-16-13(7-9-23-16)19-10-20-17/h1-10,15H,(H,19,20,21)/t15-/m0/s1. The van der Waals surface area contributed by atoms with E-state index in [-0.39, 0.29) is 11.9 Å². The van der Waals surface area contributed by atoms with Gasteiger partial charge in [0.05, 0.1) is 16.3 Å². The summed E-state index contributed by atoms with van der Waals surface area (Å²) in [4.78, 5) is 9.81. The highest BCUT2D eigenvalue weighted by atomic mass is 32.1. The monoisotopic (exact) mass is 341 g/mol. The van der Waals surface area contributed by atoms with Gasteiger partial charge in [0, 0.05) is 4.88 Å². The normalized spacial score (nSPS) is 12.4. The molecule has 23 heavy (non-hydrogen) atoms. The molecule has 0 saturated carbocycles. The molecule has 0 spiro atoms. The highest BCUT2D eigenvalue weighted by Crippen LogP contribution is 2.33. The molecule has 3 heterocycles. The lowest BCUT2D eigenvalue weighted by molar-refractivity contribution is 0.626. The van der Waals surface area contributed by atoms with Crippen molar-refractivity contribution in [3.63, 3.8) is 0 Å². The van der Waals surface area contributed by atoms with Crippen LogP contribution in [0.1, 0.15) is 16.5 Å². The first kappa shape index (κ1) is 14.3. The van der Waals surface area contributed by atoms with Crippen molar-refractivity contribution in [2.45, 2.75) is 6.04 Å². The zero-order valence-corrected chi connectivity index (χ0v) is 13.6. The van der Waals surface area contributed by atoms with Gasteiger partial charge in [-0.25, -0.2) is 14.4 Å². The molecule has 3 aromatic heterocycles.